The molecule has 1 heterocycles. The molecule has 0 saturated carbocycles. The number of hydrogen-bond donors (Lipinski definition) is 0. The lowest BCUT2D eigenvalue weighted by Crippen LogP contribution is -1.92. The Kier molecular flexibility index (Phi) is 3.58. The first-order chi connectivity index (χ1) is 8.26. The minimum Gasteiger partial charge on any atom is -0.497 e. The van der Waals surface area contributed by atoms with Crippen molar-refractivity contribution >= 4 is 15.9 Å². The van der Waals surface area contributed by atoms with Crippen LogP contribution >= 0.6 is 15.9 Å². The Morgan fingerprint density at radius 3 is 2.59 bits per heavy atom. The van der Waals surface area contributed by atoms with Gasteiger partial charge < -0.3 is 9.47 Å². The van der Waals surface area contributed by atoms with Gasteiger partial charge in [-0.25, -0.2) is 9.97 Å². The van der Waals surface area contributed by atoms with Crippen molar-refractivity contribution in [3.63, 3.8) is 0 Å². The maximum Gasteiger partial charge on any atom is 0.127 e. The third-order valence-electron chi connectivity index (χ3n) is 2.36. The third kappa shape index (κ3) is 2.39. The van der Waals surface area contributed by atoms with E-state index in [2.05, 4.69) is 25.9 Å². The van der Waals surface area contributed by atoms with Crippen molar-refractivity contribution in [1.82, 2.24) is 9.97 Å². The molecule has 0 aliphatic carbocycles. The molecule has 0 bridgehead atoms. The zero-order chi connectivity index (χ0) is 12.3. The Morgan fingerprint density at radius 2 is 1.94 bits per heavy atom. The van der Waals surface area contributed by atoms with Gasteiger partial charge in [0.05, 0.1) is 14.2 Å². The summed E-state index contributed by atoms with van der Waals surface area (Å²) >= 11 is 3.40. The molecule has 4 nitrogen and oxygen atoms in total. The van der Waals surface area contributed by atoms with Gasteiger partial charge in [-0.1, -0.05) is 0 Å². The first-order valence-electron chi connectivity index (χ1n) is 4.94. The molecule has 0 radical (unpaired) electrons. The Labute approximate surface area is 108 Å². The van der Waals surface area contributed by atoms with Gasteiger partial charge in [-0.05, 0) is 34.1 Å². The van der Waals surface area contributed by atoms with Gasteiger partial charge in [0, 0.05) is 17.3 Å². The van der Waals surface area contributed by atoms with Crippen LogP contribution in [0, 0.1) is 0 Å². The summed E-state index contributed by atoms with van der Waals surface area (Å²) in [6.07, 6.45) is 3.22. The van der Waals surface area contributed by atoms with Gasteiger partial charge in [-0.3, -0.25) is 0 Å². The highest BCUT2D eigenvalue weighted by atomic mass is 79.9. The SMILES string of the molecule is COc1ccc(OC)c(-c2cncnc2Br)c1. The van der Waals surface area contributed by atoms with Gasteiger partial charge in [0.1, 0.15) is 22.4 Å². The maximum absolute atomic E-state index is 5.32. The predicted octanol–water partition coefficient (Wildman–Crippen LogP) is 2.92. The van der Waals surface area contributed by atoms with Crippen molar-refractivity contribution in [1.29, 1.82) is 0 Å². The third-order valence-corrected chi connectivity index (χ3v) is 2.99. The van der Waals surface area contributed by atoms with E-state index in [-0.39, 0.29) is 0 Å². The molecule has 2 aromatic rings. The molecular weight excluding hydrogens is 284 g/mol. The molecule has 88 valence electrons. The molecule has 0 fully saturated rings. The summed E-state index contributed by atoms with van der Waals surface area (Å²) in [6, 6.07) is 5.59. The van der Waals surface area contributed by atoms with Crippen LogP contribution in [0.25, 0.3) is 11.1 Å². The molecule has 0 atom stereocenters. The van der Waals surface area contributed by atoms with Gasteiger partial charge in [-0.15, -0.1) is 0 Å². The Bertz CT molecular complexity index is 532. The molecule has 0 N–H and O–H groups in total. The number of ether oxygens (including phenoxy) is 2. The summed E-state index contributed by atoms with van der Waals surface area (Å²) in [6.45, 7) is 0. The first kappa shape index (κ1) is 11.9. The lowest BCUT2D eigenvalue weighted by Gasteiger charge is -2.10. The van der Waals surface area contributed by atoms with Crippen LogP contribution in [-0.2, 0) is 0 Å². The Hall–Kier alpha value is -1.62. The van der Waals surface area contributed by atoms with Crippen molar-refractivity contribution in [2.75, 3.05) is 14.2 Å². The van der Waals surface area contributed by atoms with Gasteiger partial charge in [0.2, 0.25) is 0 Å². The molecule has 1 aromatic carbocycles. The second-order valence-corrected chi connectivity index (χ2v) is 4.04. The van der Waals surface area contributed by atoms with E-state index in [1.54, 1.807) is 20.4 Å². The average molecular weight is 295 g/mol. The molecule has 0 unspecified atom stereocenters. The highest BCUT2D eigenvalue weighted by molar-refractivity contribution is 9.10. The molecule has 5 heteroatoms. The van der Waals surface area contributed by atoms with Gasteiger partial charge in [-0.2, -0.15) is 0 Å². The summed E-state index contributed by atoms with van der Waals surface area (Å²) in [5.41, 5.74) is 1.75. The van der Waals surface area contributed by atoms with E-state index in [1.807, 2.05) is 18.2 Å². The fourth-order valence-electron chi connectivity index (χ4n) is 1.52. The standard InChI is InChI=1S/C12H11BrN2O2/c1-16-8-3-4-11(17-2)9(5-8)10-6-14-7-15-12(10)13/h3-7H,1-2H3. The summed E-state index contributed by atoms with van der Waals surface area (Å²) < 4.78 is 11.2. The monoisotopic (exact) mass is 294 g/mol. The van der Waals surface area contributed by atoms with E-state index in [1.165, 1.54) is 6.33 Å². The van der Waals surface area contributed by atoms with E-state index in [0.29, 0.717) is 0 Å². The van der Waals surface area contributed by atoms with E-state index < -0.39 is 0 Å². The van der Waals surface area contributed by atoms with Crippen molar-refractivity contribution < 1.29 is 9.47 Å². The highest BCUT2D eigenvalue weighted by Gasteiger charge is 2.11. The van der Waals surface area contributed by atoms with Crippen molar-refractivity contribution in [2.45, 2.75) is 0 Å². The Morgan fingerprint density at radius 1 is 1.12 bits per heavy atom. The molecule has 1 aromatic heterocycles. The minimum atomic E-state index is 0.721. The molecule has 0 saturated heterocycles. The zero-order valence-electron chi connectivity index (χ0n) is 9.48. The van der Waals surface area contributed by atoms with Gasteiger partial charge in [0.25, 0.3) is 0 Å². The minimum absolute atomic E-state index is 0.721. The largest absolute Gasteiger partial charge is 0.497 e. The topological polar surface area (TPSA) is 44.2 Å². The van der Waals surface area contributed by atoms with Crippen molar-refractivity contribution in [3.8, 4) is 22.6 Å². The van der Waals surface area contributed by atoms with Crippen LogP contribution in [0.4, 0.5) is 0 Å². The van der Waals surface area contributed by atoms with Crippen LogP contribution in [-0.4, -0.2) is 24.2 Å². The van der Waals surface area contributed by atoms with Crippen LogP contribution in [0.1, 0.15) is 0 Å². The van der Waals surface area contributed by atoms with Crippen molar-refractivity contribution in [2.24, 2.45) is 0 Å². The van der Waals surface area contributed by atoms with Crippen LogP contribution in [0.3, 0.4) is 0 Å². The average Bonchev–Trinajstić information content (AvgIpc) is 2.38. The number of nitrogens with zero attached hydrogens (tertiary/aromatic N) is 2. The molecular formula is C12H11BrN2O2. The predicted molar refractivity (Wildman–Crippen MR) is 68.3 cm³/mol. The van der Waals surface area contributed by atoms with E-state index in [4.69, 9.17) is 9.47 Å². The van der Waals surface area contributed by atoms with E-state index >= 15 is 0 Å². The van der Waals surface area contributed by atoms with Crippen LogP contribution in [0.2, 0.25) is 0 Å². The summed E-state index contributed by atoms with van der Waals surface area (Å²) in [5.74, 6) is 1.51. The lowest BCUT2D eigenvalue weighted by atomic mass is 10.1. The smallest absolute Gasteiger partial charge is 0.127 e. The number of aromatic nitrogens is 2. The molecule has 17 heavy (non-hydrogen) atoms. The highest BCUT2D eigenvalue weighted by Crippen LogP contribution is 2.35. The molecule has 0 aliphatic rings. The molecule has 0 amide bonds. The fourth-order valence-corrected chi connectivity index (χ4v) is 1.93. The second kappa shape index (κ2) is 5.14. The maximum atomic E-state index is 5.32. The quantitative estimate of drug-likeness (QED) is 0.817. The zero-order valence-corrected chi connectivity index (χ0v) is 11.1. The lowest BCUT2D eigenvalue weighted by molar-refractivity contribution is 0.404. The number of hydrogen-bond acceptors (Lipinski definition) is 4. The molecule has 2 rings (SSSR count). The van der Waals surface area contributed by atoms with Crippen molar-refractivity contribution in [3.05, 3.63) is 35.3 Å². The number of rotatable bonds is 3. The van der Waals surface area contributed by atoms with Gasteiger partial charge >= 0.3 is 0 Å². The number of halogens is 1. The van der Waals surface area contributed by atoms with Crippen LogP contribution in [0.5, 0.6) is 11.5 Å². The van der Waals surface area contributed by atoms with E-state index in [0.717, 1.165) is 27.2 Å². The van der Waals surface area contributed by atoms with Crippen LogP contribution < -0.4 is 9.47 Å². The number of methoxy groups -OCH3 is 2. The number of benzene rings is 1. The molecule has 0 spiro atoms. The Balaban J connectivity index is 2.60. The summed E-state index contributed by atoms with van der Waals surface area (Å²) in [4.78, 5) is 8.11. The summed E-state index contributed by atoms with van der Waals surface area (Å²) in [7, 11) is 3.26. The normalized spacial score (nSPS) is 10.1. The second-order valence-electron chi connectivity index (χ2n) is 3.29. The fraction of sp³-hybridized carbons (Fsp3) is 0.167. The molecule has 0 aliphatic heterocycles. The van der Waals surface area contributed by atoms with Gasteiger partial charge in [0.15, 0.2) is 0 Å². The summed E-state index contributed by atoms with van der Waals surface area (Å²) in [5, 5.41) is 0. The first-order valence-corrected chi connectivity index (χ1v) is 5.73. The van der Waals surface area contributed by atoms with Crippen LogP contribution in [0.15, 0.2) is 35.3 Å². The van der Waals surface area contributed by atoms with E-state index in [9.17, 15) is 0 Å².